The minimum absolute atomic E-state index is 0.0856. The van der Waals surface area contributed by atoms with Crippen LogP contribution in [0.25, 0.3) is 0 Å². The van der Waals surface area contributed by atoms with Crippen LogP contribution in [0.5, 0.6) is 0 Å². The Hall–Kier alpha value is -0.590. The predicted octanol–water partition coefficient (Wildman–Crippen LogP) is 0.972. The molecule has 3 nitrogen and oxygen atoms in total. The van der Waals surface area contributed by atoms with Crippen LogP contribution in [0.1, 0.15) is 26.2 Å². The number of hydrogen-bond acceptors (Lipinski definition) is 3. The normalized spacial score (nSPS) is 24.6. The number of hydrogen-bond donors (Lipinski definition) is 1. The fourth-order valence-electron chi connectivity index (χ4n) is 1.89. The van der Waals surface area contributed by atoms with E-state index in [1.54, 1.807) is 0 Å². The number of rotatable bonds is 4. The Morgan fingerprint density at radius 3 is 2.92 bits per heavy atom. The third-order valence-electron chi connectivity index (χ3n) is 2.74. The van der Waals surface area contributed by atoms with Gasteiger partial charge in [-0.15, -0.1) is 0 Å². The number of likely N-dealkylation sites (N-methyl/N-ethyl adjacent to an activating group) is 1. The van der Waals surface area contributed by atoms with Crippen LogP contribution in [0.15, 0.2) is 0 Å². The van der Waals surface area contributed by atoms with E-state index < -0.39 is 0 Å². The van der Waals surface area contributed by atoms with E-state index in [0.717, 1.165) is 19.5 Å². The predicted molar refractivity (Wildman–Crippen MR) is 53.3 cm³/mol. The van der Waals surface area contributed by atoms with Crippen molar-refractivity contribution < 1.29 is 0 Å². The van der Waals surface area contributed by atoms with Crippen LogP contribution < -0.4 is 5.32 Å². The molecular formula is C10H19N3. The molecule has 3 heteroatoms. The molecule has 1 saturated heterocycles. The summed E-state index contributed by atoms with van der Waals surface area (Å²) in [5, 5.41) is 12.3. The highest BCUT2D eigenvalue weighted by Gasteiger charge is 2.19. The largest absolute Gasteiger partial charge is 0.313 e. The summed E-state index contributed by atoms with van der Waals surface area (Å²) in [7, 11) is 2.04. The van der Waals surface area contributed by atoms with Crippen LogP contribution in [-0.2, 0) is 0 Å². The summed E-state index contributed by atoms with van der Waals surface area (Å²) >= 11 is 0. The van der Waals surface area contributed by atoms with Crippen LogP contribution in [0, 0.1) is 11.3 Å². The van der Waals surface area contributed by atoms with Crippen molar-refractivity contribution in [3.63, 3.8) is 0 Å². The van der Waals surface area contributed by atoms with Crippen molar-refractivity contribution in [3.8, 4) is 6.07 Å². The molecule has 0 aromatic carbocycles. The Labute approximate surface area is 80.7 Å². The Balaban J connectivity index is 2.30. The molecule has 0 bridgehead atoms. The molecule has 2 unspecified atom stereocenters. The molecule has 1 rings (SSSR count). The topological polar surface area (TPSA) is 39.1 Å². The molecule has 1 aliphatic heterocycles. The van der Waals surface area contributed by atoms with Gasteiger partial charge in [0, 0.05) is 12.6 Å². The van der Waals surface area contributed by atoms with Crippen molar-refractivity contribution in [2.75, 3.05) is 20.1 Å². The van der Waals surface area contributed by atoms with Gasteiger partial charge in [-0.05, 0) is 32.9 Å². The van der Waals surface area contributed by atoms with E-state index in [1.807, 2.05) is 7.05 Å². The van der Waals surface area contributed by atoms with Gasteiger partial charge in [-0.1, -0.05) is 6.92 Å². The van der Waals surface area contributed by atoms with Crippen LogP contribution in [0.2, 0.25) is 0 Å². The zero-order chi connectivity index (χ0) is 9.68. The van der Waals surface area contributed by atoms with Gasteiger partial charge in [-0.2, -0.15) is 5.26 Å². The van der Waals surface area contributed by atoms with Crippen LogP contribution in [-0.4, -0.2) is 37.1 Å². The van der Waals surface area contributed by atoms with E-state index in [9.17, 15) is 0 Å². The maximum atomic E-state index is 8.86. The molecule has 0 saturated carbocycles. The minimum Gasteiger partial charge on any atom is -0.313 e. The van der Waals surface area contributed by atoms with Gasteiger partial charge in [-0.25, -0.2) is 0 Å². The summed E-state index contributed by atoms with van der Waals surface area (Å²) in [5.74, 6) is 0. The number of nitriles is 1. The van der Waals surface area contributed by atoms with Crippen molar-refractivity contribution in [3.05, 3.63) is 0 Å². The third-order valence-corrected chi connectivity index (χ3v) is 2.74. The maximum Gasteiger partial charge on any atom is 0.0973 e. The van der Waals surface area contributed by atoms with Crippen molar-refractivity contribution in [2.24, 2.45) is 0 Å². The smallest absolute Gasteiger partial charge is 0.0973 e. The van der Waals surface area contributed by atoms with Gasteiger partial charge in [-0.3, -0.25) is 4.90 Å². The zero-order valence-corrected chi connectivity index (χ0v) is 8.58. The lowest BCUT2D eigenvalue weighted by molar-refractivity contribution is 0.256. The molecule has 0 radical (unpaired) electrons. The van der Waals surface area contributed by atoms with Gasteiger partial charge in [0.15, 0.2) is 0 Å². The second kappa shape index (κ2) is 5.21. The van der Waals surface area contributed by atoms with Gasteiger partial charge in [0.25, 0.3) is 0 Å². The van der Waals surface area contributed by atoms with Crippen molar-refractivity contribution in [2.45, 2.75) is 38.3 Å². The van der Waals surface area contributed by atoms with Gasteiger partial charge in [0.2, 0.25) is 0 Å². The molecule has 1 heterocycles. The maximum absolute atomic E-state index is 8.86. The molecule has 1 fully saturated rings. The van der Waals surface area contributed by atoms with E-state index in [1.165, 1.54) is 12.8 Å². The third kappa shape index (κ3) is 2.98. The van der Waals surface area contributed by atoms with Crippen LogP contribution >= 0.6 is 0 Å². The highest BCUT2D eigenvalue weighted by Crippen LogP contribution is 2.08. The summed E-state index contributed by atoms with van der Waals surface area (Å²) in [6.07, 6.45) is 3.45. The molecule has 1 N–H and O–H groups in total. The standard InChI is InChI=1S/C10H19N3/c1-3-10(7-11)13(2)8-9-5-4-6-12-9/h9-10,12H,3-6,8H2,1-2H3. The highest BCUT2D eigenvalue weighted by molar-refractivity contribution is 4.91. The SMILES string of the molecule is CCC(C#N)N(C)CC1CCCN1. The van der Waals surface area contributed by atoms with Gasteiger partial charge in [0.05, 0.1) is 12.1 Å². The quantitative estimate of drug-likeness (QED) is 0.702. The number of nitrogens with one attached hydrogen (secondary N) is 1. The van der Waals surface area contributed by atoms with Gasteiger partial charge < -0.3 is 5.32 Å². The van der Waals surface area contributed by atoms with E-state index in [4.69, 9.17) is 5.26 Å². The lowest BCUT2D eigenvalue weighted by Crippen LogP contribution is -2.40. The van der Waals surface area contributed by atoms with Gasteiger partial charge >= 0.3 is 0 Å². The van der Waals surface area contributed by atoms with Crippen molar-refractivity contribution in [1.82, 2.24) is 10.2 Å². The molecule has 74 valence electrons. The summed E-state index contributed by atoms with van der Waals surface area (Å²) in [6, 6.07) is 3.01. The average Bonchev–Trinajstić information content (AvgIpc) is 2.59. The fourth-order valence-corrected chi connectivity index (χ4v) is 1.89. The second-order valence-corrected chi connectivity index (χ2v) is 3.79. The Morgan fingerprint density at radius 1 is 1.69 bits per heavy atom. The molecule has 0 aromatic rings. The summed E-state index contributed by atoms with van der Waals surface area (Å²) in [6.45, 7) is 4.21. The summed E-state index contributed by atoms with van der Waals surface area (Å²) in [4.78, 5) is 2.16. The van der Waals surface area contributed by atoms with E-state index in [2.05, 4.69) is 23.2 Å². The summed E-state index contributed by atoms with van der Waals surface area (Å²) < 4.78 is 0. The van der Waals surface area contributed by atoms with Crippen molar-refractivity contribution in [1.29, 1.82) is 5.26 Å². The first kappa shape index (κ1) is 10.5. The van der Waals surface area contributed by atoms with Gasteiger partial charge in [0.1, 0.15) is 0 Å². The first-order valence-electron chi connectivity index (χ1n) is 5.11. The summed E-state index contributed by atoms with van der Waals surface area (Å²) in [5.41, 5.74) is 0. The van der Waals surface area contributed by atoms with Crippen LogP contribution in [0.4, 0.5) is 0 Å². The minimum atomic E-state index is 0.0856. The lowest BCUT2D eigenvalue weighted by atomic mass is 10.1. The molecule has 0 aromatic heterocycles. The zero-order valence-electron chi connectivity index (χ0n) is 8.58. The Morgan fingerprint density at radius 2 is 2.46 bits per heavy atom. The molecule has 0 amide bonds. The lowest BCUT2D eigenvalue weighted by Gasteiger charge is -2.24. The molecule has 1 aliphatic rings. The van der Waals surface area contributed by atoms with Crippen LogP contribution in [0.3, 0.4) is 0 Å². The molecule has 0 aliphatic carbocycles. The highest BCUT2D eigenvalue weighted by atomic mass is 15.2. The second-order valence-electron chi connectivity index (χ2n) is 3.79. The Bertz CT molecular complexity index is 179. The molecule has 13 heavy (non-hydrogen) atoms. The van der Waals surface area contributed by atoms with E-state index in [0.29, 0.717) is 6.04 Å². The first-order valence-corrected chi connectivity index (χ1v) is 5.11. The first-order chi connectivity index (χ1) is 6.27. The Kier molecular flexibility index (Phi) is 4.20. The van der Waals surface area contributed by atoms with Crippen molar-refractivity contribution >= 4 is 0 Å². The monoisotopic (exact) mass is 181 g/mol. The molecular weight excluding hydrogens is 162 g/mol. The average molecular weight is 181 g/mol. The van der Waals surface area contributed by atoms with E-state index in [-0.39, 0.29) is 6.04 Å². The number of nitrogens with zero attached hydrogens (tertiary/aromatic N) is 2. The molecule has 2 atom stereocenters. The molecule has 0 spiro atoms. The fraction of sp³-hybridized carbons (Fsp3) is 0.900. The van der Waals surface area contributed by atoms with E-state index >= 15 is 0 Å².